The van der Waals surface area contributed by atoms with Gasteiger partial charge >= 0.3 is 0 Å². The summed E-state index contributed by atoms with van der Waals surface area (Å²) in [5.41, 5.74) is 8.95. The van der Waals surface area contributed by atoms with Crippen LogP contribution >= 0.6 is 0 Å². The largest absolute Gasteiger partial charge is 0.383 e. The van der Waals surface area contributed by atoms with E-state index < -0.39 is 0 Å². The van der Waals surface area contributed by atoms with Crippen molar-refractivity contribution in [1.82, 2.24) is 20.3 Å². The number of pyridine rings is 1. The molecular weight excluding hydrogens is 214 g/mol. The van der Waals surface area contributed by atoms with Crippen LogP contribution in [0.1, 0.15) is 11.3 Å². The summed E-state index contributed by atoms with van der Waals surface area (Å²) in [5, 5.41) is 3.27. The molecule has 0 radical (unpaired) electrons. The molecule has 86 valence electrons. The Bertz CT molecular complexity index is 538. The lowest BCUT2D eigenvalue weighted by Crippen LogP contribution is -2.26. The number of nitrogens with one attached hydrogen (secondary N) is 1. The van der Waals surface area contributed by atoms with E-state index in [-0.39, 0.29) is 0 Å². The molecule has 3 rings (SSSR count). The minimum absolute atomic E-state index is 0.570. The first kappa shape index (κ1) is 10.2. The number of aromatic nitrogens is 3. The predicted molar refractivity (Wildman–Crippen MR) is 65.1 cm³/mol. The lowest BCUT2D eigenvalue weighted by atomic mass is 10.1. The van der Waals surface area contributed by atoms with Crippen LogP contribution in [0.4, 0.5) is 5.82 Å². The Balaban J connectivity index is 2.11. The number of anilines is 1. The highest BCUT2D eigenvalue weighted by Crippen LogP contribution is 2.21. The van der Waals surface area contributed by atoms with Crippen LogP contribution in [0.25, 0.3) is 11.4 Å². The van der Waals surface area contributed by atoms with Gasteiger partial charge in [-0.15, -0.1) is 0 Å². The normalized spacial score (nSPS) is 14.4. The SMILES string of the molecule is Nc1nc(-c2cccnc2)nc2c1CNCC2. The summed E-state index contributed by atoms with van der Waals surface area (Å²) in [5.74, 6) is 1.23. The fraction of sp³-hybridized carbons (Fsp3) is 0.250. The number of nitrogen functional groups attached to an aromatic ring is 1. The zero-order chi connectivity index (χ0) is 11.7. The van der Waals surface area contributed by atoms with Gasteiger partial charge in [0.05, 0.1) is 5.69 Å². The molecule has 0 fully saturated rings. The Kier molecular flexibility index (Phi) is 2.45. The third-order valence-corrected chi connectivity index (χ3v) is 2.88. The molecule has 3 N–H and O–H groups in total. The first-order valence-corrected chi connectivity index (χ1v) is 5.61. The van der Waals surface area contributed by atoms with Crippen molar-refractivity contribution in [1.29, 1.82) is 0 Å². The lowest BCUT2D eigenvalue weighted by molar-refractivity contribution is 0.629. The molecule has 0 aromatic carbocycles. The van der Waals surface area contributed by atoms with E-state index in [1.54, 1.807) is 12.4 Å². The Labute approximate surface area is 99.1 Å². The van der Waals surface area contributed by atoms with Gasteiger partial charge in [0.25, 0.3) is 0 Å². The summed E-state index contributed by atoms with van der Waals surface area (Å²) in [6, 6.07) is 3.81. The third kappa shape index (κ3) is 1.85. The first-order valence-electron chi connectivity index (χ1n) is 5.61. The van der Waals surface area contributed by atoms with Crippen LogP contribution in [0, 0.1) is 0 Å². The monoisotopic (exact) mass is 227 g/mol. The van der Waals surface area contributed by atoms with Gasteiger partial charge in [-0.2, -0.15) is 0 Å². The summed E-state index contributed by atoms with van der Waals surface area (Å²) in [7, 11) is 0. The minimum Gasteiger partial charge on any atom is -0.383 e. The Hall–Kier alpha value is -2.01. The maximum atomic E-state index is 5.97. The summed E-state index contributed by atoms with van der Waals surface area (Å²) < 4.78 is 0. The average Bonchev–Trinajstić information content (AvgIpc) is 2.40. The molecule has 1 aliphatic heterocycles. The van der Waals surface area contributed by atoms with E-state index in [0.29, 0.717) is 11.6 Å². The van der Waals surface area contributed by atoms with Gasteiger partial charge in [0, 0.05) is 43.0 Å². The Morgan fingerprint density at radius 3 is 3.06 bits per heavy atom. The molecule has 0 bridgehead atoms. The van der Waals surface area contributed by atoms with E-state index in [2.05, 4.69) is 20.3 Å². The maximum Gasteiger partial charge on any atom is 0.163 e. The Morgan fingerprint density at radius 1 is 1.29 bits per heavy atom. The molecule has 0 saturated heterocycles. The topological polar surface area (TPSA) is 76.7 Å². The van der Waals surface area contributed by atoms with E-state index in [1.807, 2.05) is 12.1 Å². The minimum atomic E-state index is 0.570. The zero-order valence-electron chi connectivity index (χ0n) is 9.35. The second-order valence-electron chi connectivity index (χ2n) is 4.03. The van der Waals surface area contributed by atoms with Gasteiger partial charge in [-0.1, -0.05) is 0 Å². The number of hydrogen-bond acceptors (Lipinski definition) is 5. The van der Waals surface area contributed by atoms with Gasteiger partial charge in [-0.05, 0) is 12.1 Å². The molecule has 1 aliphatic rings. The van der Waals surface area contributed by atoms with Gasteiger partial charge in [-0.25, -0.2) is 9.97 Å². The molecule has 0 saturated carbocycles. The van der Waals surface area contributed by atoms with Gasteiger partial charge in [0.15, 0.2) is 5.82 Å². The molecule has 0 aliphatic carbocycles. The molecular formula is C12H13N5. The highest BCUT2D eigenvalue weighted by Gasteiger charge is 2.16. The van der Waals surface area contributed by atoms with Gasteiger partial charge in [0.1, 0.15) is 5.82 Å². The van der Waals surface area contributed by atoms with E-state index in [0.717, 1.165) is 36.3 Å². The third-order valence-electron chi connectivity index (χ3n) is 2.88. The van der Waals surface area contributed by atoms with E-state index in [1.165, 1.54) is 0 Å². The molecule has 0 unspecified atom stereocenters. The second-order valence-corrected chi connectivity index (χ2v) is 4.03. The molecule has 0 spiro atoms. The molecule has 5 heteroatoms. The van der Waals surface area contributed by atoms with Crippen LogP contribution in [0.3, 0.4) is 0 Å². The second kappa shape index (κ2) is 4.10. The van der Waals surface area contributed by atoms with Crippen molar-refractivity contribution in [2.45, 2.75) is 13.0 Å². The molecule has 5 nitrogen and oxygen atoms in total. The highest BCUT2D eigenvalue weighted by molar-refractivity contribution is 5.58. The summed E-state index contributed by atoms with van der Waals surface area (Å²) >= 11 is 0. The average molecular weight is 227 g/mol. The molecule has 17 heavy (non-hydrogen) atoms. The van der Waals surface area contributed by atoms with Crippen molar-refractivity contribution in [2.75, 3.05) is 12.3 Å². The van der Waals surface area contributed by atoms with Gasteiger partial charge < -0.3 is 11.1 Å². The van der Waals surface area contributed by atoms with Crippen molar-refractivity contribution in [3.63, 3.8) is 0 Å². The molecule has 3 heterocycles. The lowest BCUT2D eigenvalue weighted by Gasteiger charge is -2.18. The standard InChI is InChI=1S/C12H13N5/c13-11-9-7-15-5-3-10(9)16-12(17-11)8-2-1-4-14-6-8/h1-2,4,6,15H,3,5,7H2,(H2,13,16,17). The summed E-state index contributed by atoms with van der Waals surface area (Å²) in [4.78, 5) is 13.0. The summed E-state index contributed by atoms with van der Waals surface area (Å²) in [6.45, 7) is 1.70. The van der Waals surface area contributed by atoms with E-state index in [4.69, 9.17) is 5.73 Å². The zero-order valence-corrected chi connectivity index (χ0v) is 9.35. The van der Waals surface area contributed by atoms with Crippen molar-refractivity contribution in [2.24, 2.45) is 0 Å². The number of nitrogens with zero attached hydrogens (tertiary/aromatic N) is 3. The van der Waals surface area contributed by atoms with Crippen LogP contribution in [0.5, 0.6) is 0 Å². The first-order chi connectivity index (χ1) is 8.34. The van der Waals surface area contributed by atoms with Crippen LogP contribution in [0.15, 0.2) is 24.5 Å². The van der Waals surface area contributed by atoms with Crippen molar-refractivity contribution in [3.05, 3.63) is 35.8 Å². The fourth-order valence-electron chi connectivity index (χ4n) is 1.99. The molecule has 2 aromatic heterocycles. The molecule has 2 aromatic rings. The van der Waals surface area contributed by atoms with Crippen LogP contribution < -0.4 is 11.1 Å². The van der Waals surface area contributed by atoms with E-state index >= 15 is 0 Å². The number of nitrogens with two attached hydrogens (primary N) is 1. The highest BCUT2D eigenvalue weighted by atomic mass is 15.0. The van der Waals surface area contributed by atoms with Gasteiger partial charge in [-0.3, -0.25) is 4.98 Å². The van der Waals surface area contributed by atoms with Crippen LogP contribution in [0.2, 0.25) is 0 Å². The Morgan fingerprint density at radius 2 is 2.24 bits per heavy atom. The van der Waals surface area contributed by atoms with E-state index in [9.17, 15) is 0 Å². The van der Waals surface area contributed by atoms with Gasteiger partial charge in [0.2, 0.25) is 0 Å². The smallest absolute Gasteiger partial charge is 0.163 e. The van der Waals surface area contributed by atoms with Crippen molar-refractivity contribution >= 4 is 5.82 Å². The molecule has 0 amide bonds. The van der Waals surface area contributed by atoms with Crippen molar-refractivity contribution < 1.29 is 0 Å². The molecule has 0 atom stereocenters. The maximum absolute atomic E-state index is 5.97. The summed E-state index contributed by atoms with van der Waals surface area (Å²) in [6.07, 6.45) is 4.38. The van der Waals surface area contributed by atoms with Crippen LogP contribution in [-0.4, -0.2) is 21.5 Å². The van der Waals surface area contributed by atoms with Crippen LogP contribution in [-0.2, 0) is 13.0 Å². The number of rotatable bonds is 1. The van der Waals surface area contributed by atoms with Crippen molar-refractivity contribution in [3.8, 4) is 11.4 Å². The fourth-order valence-corrected chi connectivity index (χ4v) is 1.99. The number of hydrogen-bond donors (Lipinski definition) is 2. The number of fused-ring (bicyclic) bond motifs is 1. The predicted octanol–water partition coefficient (Wildman–Crippen LogP) is 0.766. The quantitative estimate of drug-likeness (QED) is 0.752.